The molecule has 0 heterocycles. The second-order valence-corrected chi connectivity index (χ2v) is 4.01. The zero-order valence-electron chi connectivity index (χ0n) is 10.0. The highest BCUT2D eigenvalue weighted by atomic mass is 35.5. The van der Waals surface area contributed by atoms with E-state index in [0.717, 1.165) is 5.56 Å². The summed E-state index contributed by atoms with van der Waals surface area (Å²) in [6.07, 6.45) is 1.12. The zero-order valence-corrected chi connectivity index (χ0v) is 10.9. The second kappa shape index (κ2) is 8.66. The fourth-order valence-corrected chi connectivity index (χ4v) is 1.58. The van der Waals surface area contributed by atoms with Crippen LogP contribution in [-0.2, 0) is 16.0 Å². The maximum absolute atomic E-state index is 11.6. The van der Waals surface area contributed by atoms with Crippen molar-refractivity contribution in [3.05, 3.63) is 35.9 Å². The van der Waals surface area contributed by atoms with Gasteiger partial charge in [0.25, 0.3) is 0 Å². The van der Waals surface area contributed by atoms with Crippen molar-refractivity contribution in [2.45, 2.75) is 31.7 Å². The van der Waals surface area contributed by atoms with E-state index in [9.17, 15) is 9.59 Å². The molecule has 100 valence electrons. The number of ketones is 1. The van der Waals surface area contributed by atoms with E-state index >= 15 is 0 Å². The first-order valence-electron chi connectivity index (χ1n) is 5.63. The highest BCUT2D eigenvalue weighted by Crippen LogP contribution is 2.05. The van der Waals surface area contributed by atoms with Crippen molar-refractivity contribution < 1.29 is 14.7 Å². The van der Waals surface area contributed by atoms with Gasteiger partial charge in [-0.1, -0.05) is 30.3 Å². The Balaban J connectivity index is 0.00000289. The van der Waals surface area contributed by atoms with Crippen LogP contribution in [0.4, 0.5) is 0 Å². The molecule has 0 aliphatic rings. The van der Waals surface area contributed by atoms with Gasteiger partial charge in [0, 0.05) is 12.8 Å². The Hall–Kier alpha value is -1.39. The quantitative estimate of drug-likeness (QED) is 0.792. The van der Waals surface area contributed by atoms with Crippen molar-refractivity contribution in [1.82, 2.24) is 0 Å². The minimum absolute atomic E-state index is 0. The lowest BCUT2D eigenvalue weighted by Crippen LogP contribution is -2.32. The number of rotatable bonds is 7. The molecule has 4 nitrogen and oxygen atoms in total. The van der Waals surface area contributed by atoms with Crippen LogP contribution in [-0.4, -0.2) is 22.9 Å². The Morgan fingerprint density at radius 3 is 2.33 bits per heavy atom. The first-order chi connectivity index (χ1) is 8.09. The van der Waals surface area contributed by atoms with Crippen LogP contribution in [0.15, 0.2) is 30.3 Å². The number of benzene rings is 1. The molecule has 1 aromatic carbocycles. The van der Waals surface area contributed by atoms with Gasteiger partial charge in [-0.25, -0.2) is 0 Å². The van der Waals surface area contributed by atoms with Gasteiger partial charge in [0.05, 0.1) is 6.04 Å². The van der Waals surface area contributed by atoms with Gasteiger partial charge in [-0.2, -0.15) is 0 Å². The molecule has 0 fully saturated rings. The fourth-order valence-electron chi connectivity index (χ4n) is 1.58. The van der Waals surface area contributed by atoms with Crippen molar-refractivity contribution in [3.63, 3.8) is 0 Å². The molecule has 0 aliphatic carbocycles. The van der Waals surface area contributed by atoms with Crippen molar-refractivity contribution >= 4 is 24.2 Å². The molecule has 0 saturated carbocycles. The molecule has 1 aromatic rings. The molecule has 0 unspecified atom stereocenters. The molecular weight excluding hydrogens is 254 g/mol. The summed E-state index contributed by atoms with van der Waals surface area (Å²) in [4.78, 5) is 21.9. The Morgan fingerprint density at radius 2 is 1.78 bits per heavy atom. The fraction of sp³-hybridized carbons (Fsp3) is 0.385. The van der Waals surface area contributed by atoms with E-state index in [-0.39, 0.29) is 31.0 Å². The van der Waals surface area contributed by atoms with Crippen molar-refractivity contribution in [3.8, 4) is 0 Å². The molecule has 0 saturated heterocycles. The van der Waals surface area contributed by atoms with E-state index in [4.69, 9.17) is 10.8 Å². The SMILES string of the molecule is Cl.N[C@@H](Cc1ccccc1)C(=O)CCCC(=O)O. The predicted molar refractivity (Wildman–Crippen MR) is 71.9 cm³/mol. The van der Waals surface area contributed by atoms with Gasteiger partial charge in [-0.3, -0.25) is 9.59 Å². The molecule has 1 atom stereocenters. The maximum atomic E-state index is 11.6. The van der Waals surface area contributed by atoms with Gasteiger partial charge >= 0.3 is 5.97 Å². The Bertz CT molecular complexity index is 381. The average Bonchev–Trinajstić information content (AvgIpc) is 2.29. The summed E-state index contributed by atoms with van der Waals surface area (Å²) in [5.74, 6) is -0.954. The summed E-state index contributed by atoms with van der Waals surface area (Å²) in [5, 5.41) is 8.46. The minimum atomic E-state index is -0.880. The van der Waals surface area contributed by atoms with E-state index in [2.05, 4.69) is 0 Å². The summed E-state index contributed by atoms with van der Waals surface area (Å²) >= 11 is 0. The Morgan fingerprint density at radius 1 is 1.17 bits per heavy atom. The number of hydrogen-bond acceptors (Lipinski definition) is 3. The summed E-state index contributed by atoms with van der Waals surface area (Å²) in [6.45, 7) is 0. The number of carboxylic acid groups (broad SMARTS) is 1. The normalized spacial score (nSPS) is 11.4. The number of hydrogen-bond donors (Lipinski definition) is 2. The van der Waals surface area contributed by atoms with Crippen LogP contribution in [0.25, 0.3) is 0 Å². The smallest absolute Gasteiger partial charge is 0.303 e. The molecule has 0 spiro atoms. The molecule has 0 bridgehead atoms. The lowest BCUT2D eigenvalue weighted by atomic mass is 10.00. The van der Waals surface area contributed by atoms with Crippen molar-refractivity contribution in [2.24, 2.45) is 5.73 Å². The van der Waals surface area contributed by atoms with Gasteiger partial charge in [0.2, 0.25) is 0 Å². The van der Waals surface area contributed by atoms with Crippen LogP contribution in [0.3, 0.4) is 0 Å². The average molecular weight is 272 g/mol. The van der Waals surface area contributed by atoms with Crippen LogP contribution in [0.5, 0.6) is 0 Å². The number of aliphatic carboxylic acids is 1. The third-order valence-corrected chi connectivity index (χ3v) is 2.53. The van der Waals surface area contributed by atoms with E-state index in [1.165, 1.54) is 0 Å². The first kappa shape index (κ1) is 16.6. The highest BCUT2D eigenvalue weighted by molar-refractivity contribution is 5.85. The minimum Gasteiger partial charge on any atom is -0.481 e. The van der Waals surface area contributed by atoms with E-state index in [1.807, 2.05) is 30.3 Å². The molecule has 0 amide bonds. The lowest BCUT2D eigenvalue weighted by molar-refractivity contribution is -0.137. The molecule has 0 aliphatic heterocycles. The first-order valence-corrected chi connectivity index (χ1v) is 5.63. The van der Waals surface area contributed by atoms with Crippen molar-refractivity contribution in [1.29, 1.82) is 0 Å². The molecule has 3 N–H and O–H groups in total. The van der Waals surface area contributed by atoms with Gasteiger partial charge in [0.1, 0.15) is 5.78 Å². The van der Waals surface area contributed by atoms with Crippen LogP contribution in [0.1, 0.15) is 24.8 Å². The number of carbonyl (C=O) groups is 2. The van der Waals surface area contributed by atoms with Crippen LogP contribution in [0, 0.1) is 0 Å². The third kappa shape index (κ3) is 6.37. The second-order valence-electron chi connectivity index (χ2n) is 4.01. The summed E-state index contributed by atoms with van der Waals surface area (Å²) in [6, 6.07) is 9.01. The number of nitrogens with two attached hydrogens (primary N) is 1. The summed E-state index contributed by atoms with van der Waals surface area (Å²) < 4.78 is 0. The lowest BCUT2D eigenvalue weighted by Gasteiger charge is -2.10. The van der Waals surface area contributed by atoms with Gasteiger partial charge < -0.3 is 10.8 Å². The Labute approximate surface area is 113 Å². The van der Waals surface area contributed by atoms with E-state index < -0.39 is 12.0 Å². The summed E-state index contributed by atoms with van der Waals surface area (Å²) in [5.41, 5.74) is 6.79. The standard InChI is InChI=1S/C13H17NO3.ClH/c14-11(9-10-5-2-1-3-6-10)12(15)7-4-8-13(16)17;/h1-3,5-6,11H,4,7-9,14H2,(H,16,17);1H/t11-;/m0./s1. The molecule has 5 heteroatoms. The Kier molecular flexibility index (Phi) is 8.00. The van der Waals surface area contributed by atoms with Gasteiger partial charge in [-0.15, -0.1) is 12.4 Å². The molecule has 1 rings (SSSR count). The molecule has 0 radical (unpaired) electrons. The predicted octanol–water partition coefficient (Wildman–Crippen LogP) is 1.80. The van der Waals surface area contributed by atoms with Gasteiger partial charge in [-0.05, 0) is 18.4 Å². The van der Waals surface area contributed by atoms with Crippen LogP contribution < -0.4 is 5.73 Å². The zero-order chi connectivity index (χ0) is 12.7. The van der Waals surface area contributed by atoms with Crippen molar-refractivity contribution in [2.75, 3.05) is 0 Å². The number of carbonyl (C=O) groups excluding carboxylic acids is 1. The van der Waals surface area contributed by atoms with Crippen LogP contribution >= 0.6 is 12.4 Å². The highest BCUT2D eigenvalue weighted by Gasteiger charge is 2.14. The largest absolute Gasteiger partial charge is 0.481 e. The molecule has 18 heavy (non-hydrogen) atoms. The third-order valence-electron chi connectivity index (χ3n) is 2.53. The summed E-state index contributed by atoms with van der Waals surface area (Å²) in [7, 11) is 0. The number of halogens is 1. The van der Waals surface area contributed by atoms with Crippen LogP contribution in [0.2, 0.25) is 0 Å². The molecule has 0 aromatic heterocycles. The molecular formula is C13H18ClNO3. The van der Waals surface area contributed by atoms with E-state index in [0.29, 0.717) is 12.8 Å². The van der Waals surface area contributed by atoms with E-state index in [1.54, 1.807) is 0 Å². The number of carboxylic acids is 1. The topological polar surface area (TPSA) is 80.4 Å². The monoisotopic (exact) mass is 271 g/mol. The maximum Gasteiger partial charge on any atom is 0.303 e. The van der Waals surface area contributed by atoms with Gasteiger partial charge in [0.15, 0.2) is 0 Å². The number of Topliss-reactive ketones (excluding diaryl/α,β-unsaturated/α-hetero) is 1.